The van der Waals surface area contributed by atoms with E-state index < -0.39 is 22.0 Å². The molecule has 0 aliphatic carbocycles. The average molecular weight is 702 g/mol. The Morgan fingerprint density at radius 2 is 1.80 bits per heavy atom. The first-order valence-corrected chi connectivity index (χ1v) is 14.4. The number of rotatable bonds is 10. The van der Waals surface area contributed by atoms with E-state index in [2.05, 4.69) is 25.4 Å². The van der Waals surface area contributed by atoms with Crippen molar-refractivity contribution in [3.05, 3.63) is 102 Å². The molecule has 0 unspecified atom stereocenters. The normalized spacial score (nSPS) is 12.8. The van der Waals surface area contributed by atoms with E-state index in [0.29, 0.717) is 23.1 Å². The van der Waals surface area contributed by atoms with Gasteiger partial charge in [0.05, 0.1) is 11.3 Å². The summed E-state index contributed by atoms with van der Waals surface area (Å²) in [4.78, 5) is 15.4. The summed E-state index contributed by atoms with van der Waals surface area (Å²) in [5, 5.41) is 29.7. The van der Waals surface area contributed by atoms with E-state index in [1.54, 1.807) is 38.6 Å². The number of ether oxygens (including phenoxy) is 1. The number of hydrogen-bond acceptors (Lipinski definition) is 9. The van der Waals surface area contributed by atoms with Crippen LogP contribution in [0.3, 0.4) is 0 Å². The van der Waals surface area contributed by atoms with Crippen LogP contribution in [0.1, 0.15) is 43.0 Å². The van der Waals surface area contributed by atoms with Gasteiger partial charge in [0.25, 0.3) is 6.33 Å². The SMILES string of the molecule is CC(=O)Oc1c(C)cc(C[n+]2cnn(C[C@@](O)(c3ccc(F)cc3F)C(C)(C)Sc3ccc(-n4cncn4)nn3)c2)cc1C.[Br-]. The van der Waals surface area contributed by atoms with Crippen LogP contribution in [-0.4, -0.2) is 50.6 Å². The zero-order valence-electron chi connectivity index (χ0n) is 25.1. The molecule has 1 N–H and O–H groups in total. The van der Waals surface area contributed by atoms with Crippen molar-refractivity contribution in [3.63, 3.8) is 0 Å². The van der Waals surface area contributed by atoms with E-state index >= 15 is 4.39 Å². The molecular weight excluding hydrogens is 670 g/mol. The fourth-order valence-corrected chi connectivity index (χ4v) is 6.08. The minimum atomic E-state index is -1.88. The summed E-state index contributed by atoms with van der Waals surface area (Å²) < 4.78 is 38.2. The third-order valence-electron chi connectivity index (χ3n) is 7.16. The quantitative estimate of drug-likeness (QED) is 0.0979. The number of carbonyl (C=O) groups excluding carboxylic acids is 1. The van der Waals surface area contributed by atoms with Crippen molar-refractivity contribution in [2.45, 2.75) is 63.1 Å². The third kappa shape index (κ3) is 7.43. The molecule has 0 aliphatic heterocycles. The Morgan fingerprint density at radius 1 is 1.07 bits per heavy atom. The minimum absolute atomic E-state index is 0. The van der Waals surface area contributed by atoms with Gasteiger partial charge in [-0.05, 0) is 74.7 Å². The Morgan fingerprint density at radius 3 is 2.40 bits per heavy atom. The maximum Gasteiger partial charge on any atom is 0.308 e. The van der Waals surface area contributed by atoms with Crippen LogP contribution in [0.2, 0.25) is 0 Å². The van der Waals surface area contributed by atoms with Crippen molar-refractivity contribution < 1.29 is 45.0 Å². The highest BCUT2D eigenvalue weighted by molar-refractivity contribution is 8.00. The lowest BCUT2D eigenvalue weighted by Crippen LogP contribution is -3.00. The van der Waals surface area contributed by atoms with Gasteiger partial charge in [0.1, 0.15) is 47.2 Å². The standard InChI is InChI=1S/C30H31F2N8O3S.BrH/c1-19-10-22(11-20(2)28(19)43-21(3)41)13-38-17-35-39(18-38)14-30(42,24-7-6-23(31)12-25(24)32)29(4,5)44-27-9-8-26(36-37-27)40-16-33-15-34-40;/h6-12,15-18,42H,13-14H2,1-5H3;1H/q+1;/p-1/t30-;/m1./s1. The molecule has 11 nitrogen and oxygen atoms in total. The van der Waals surface area contributed by atoms with Gasteiger partial charge >= 0.3 is 5.97 Å². The zero-order valence-corrected chi connectivity index (χ0v) is 27.6. The summed E-state index contributed by atoms with van der Waals surface area (Å²) in [6.07, 6.45) is 6.17. The smallest absolute Gasteiger partial charge is 0.308 e. The van der Waals surface area contributed by atoms with Gasteiger partial charge in [0.2, 0.25) is 6.33 Å². The first-order valence-electron chi connectivity index (χ1n) is 13.6. The monoisotopic (exact) mass is 700 g/mol. The average Bonchev–Trinajstić information content (AvgIpc) is 3.63. The molecule has 0 aliphatic rings. The zero-order chi connectivity index (χ0) is 31.6. The number of thioether (sulfide) groups is 1. The number of halogens is 3. The number of carbonyl (C=O) groups is 1. The van der Waals surface area contributed by atoms with E-state index in [-0.39, 0.29) is 35.1 Å². The number of esters is 1. The maximum absolute atomic E-state index is 15.3. The van der Waals surface area contributed by atoms with Crippen LogP contribution in [0, 0.1) is 25.5 Å². The molecule has 2 aromatic carbocycles. The summed E-state index contributed by atoms with van der Waals surface area (Å²) in [5.41, 5.74) is 0.618. The molecule has 3 aromatic heterocycles. The number of aliphatic hydroxyl groups is 1. The molecule has 15 heteroatoms. The number of nitrogens with zero attached hydrogens (tertiary/aromatic N) is 8. The molecule has 5 rings (SSSR count). The molecule has 0 bridgehead atoms. The molecule has 3 heterocycles. The Bertz CT molecular complexity index is 1780. The van der Waals surface area contributed by atoms with E-state index in [1.807, 2.05) is 30.5 Å². The van der Waals surface area contributed by atoms with Crippen molar-refractivity contribution >= 4 is 17.7 Å². The van der Waals surface area contributed by atoms with Gasteiger partial charge in [-0.2, -0.15) is 5.10 Å². The van der Waals surface area contributed by atoms with Crippen molar-refractivity contribution in [1.29, 1.82) is 0 Å². The number of benzene rings is 2. The summed E-state index contributed by atoms with van der Waals surface area (Å²) >= 11 is 1.19. The molecule has 5 aromatic rings. The van der Waals surface area contributed by atoms with E-state index in [9.17, 15) is 14.3 Å². The predicted octanol–water partition coefficient (Wildman–Crippen LogP) is 0.873. The summed E-state index contributed by atoms with van der Waals surface area (Å²) in [6, 6.07) is 10.4. The highest BCUT2D eigenvalue weighted by atomic mass is 79.9. The fourth-order valence-electron chi connectivity index (χ4n) is 4.99. The molecule has 45 heavy (non-hydrogen) atoms. The van der Waals surface area contributed by atoms with Gasteiger partial charge in [0, 0.05) is 23.7 Å². The Balaban J connectivity index is 0.00000461. The van der Waals surface area contributed by atoms with Crippen LogP contribution in [0.5, 0.6) is 5.75 Å². The molecule has 0 fully saturated rings. The predicted molar refractivity (Wildman–Crippen MR) is 156 cm³/mol. The van der Waals surface area contributed by atoms with Crippen molar-refractivity contribution in [2.75, 3.05) is 0 Å². The lowest BCUT2D eigenvalue weighted by Gasteiger charge is -2.40. The molecule has 0 saturated heterocycles. The summed E-state index contributed by atoms with van der Waals surface area (Å²) in [7, 11) is 0. The Labute approximate surface area is 273 Å². The topological polar surface area (TPSA) is 125 Å². The summed E-state index contributed by atoms with van der Waals surface area (Å²) in [5.74, 6) is -1.03. The fraction of sp³-hybridized carbons (Fsp3) is 0.300. The Hall–Kier alpha value is -4.08. The second-order valence-electron chi connectivity index (χ2n) is 10.9. The molecule has 0 spiro atoms. The van der Waals surface area contributed by atoms with Gasteiger partial charge in [-0.1, -0.05) is 17.8 Å². The van der Waals surface area contributed by atoms with Crippen molar-refractivity contribution in [1.82, 2.24) is 34.7 Å². The van der Waals surface area contributed by atoms with E-state index in [4.69, 9.17) is 4.74 Å². The van der Waals surface area contributed by atoms with Crippen LogP contribution in [0.4, 0.5) is 8.78 Å². The first-order chi connectivity index (χ1) is 20.8. The van der Waals surface area contributed by atoms with Crippen LogP contribution in [0.25, 0.3) is 5.82 Å². The molecule has 236 valence electrons. The lowest BCUT2D eigenvalue weighted by atomic mass is 9.82. The number of aromatic nitrogens is 8. The van der Waals surface area contributed by atoms with Crippen molar-refractivity contribution in [2.24, 2.45) is 0 Å². The molecule has 0 radical (unpaired) electrons. The van der Waals surface area contributed by atoms with E-state index in [1.165, 1.54) is 46.8 Å². The summed E-state index contributed by atoms with van der Waals surface area (Å²) in [6.45, 7) is 8.88. The third-order valence-corrected chi connectivity index (χ3v) is 8.44. The van der Waals surface area contributed by atoms with Gasteiger partial charge in [-0.15, -0.1) is 14.9 Å². The molecule has 1 atom stereocenters. The van der Waals surface area contributed by atoms with Crippen LogP contribution >= 0.6 is 11.8 Å². The first kappa shape index (κ1) is 33.8. The second kappa shape index (κ2) is 13.5. The van der Waals surface area contributed by atoms with Crippen LogP contribution in [0.15, 0.2) is 72.8 Å². The van der Waals surface area contributed by atoms with Crippen LogP contribution < -0.4 is 26.3 Å². The number of aryl methyl sites for hydroxylation is 2. The highest BCUT2D eigenvalue weighted by Gasteiger charge is 2.50. The molecule has 0 amide bonds. The number of hydrogen-bond donors (Lipinski definition) is 1. The van der Waals surface area contributed by atoms with Crippen LogP contribution in [-0.2, 0) is 23.5 Å². The second-order valence-corrected chi connectivity index (χ2v) is 12.6. The molecular formula is C30H31BrF2N8O3S. The van der Waals surface area contributed by atoms with Crippen molar-refractivity contribution in [3.8, 4) is 11.6 Å². The minimum Gasteiger partial charge on any atom is -1.00 e. The maximum atomic E-state index is 15.3. The van der Waals surface area contributed by atoms with Gasteiger partial charge in [-0.25, -0.2) is 23.0 Å². The molecule has 0 saturated carbocycles. The Kier molecular flexibility index (Phi) is 10.1. The van der Waals surface area contributed by atoms with E-state index in [0.717, 1.165) is 28.8 Å². The largest absolute Gasteiger partial charge is 1.00 e. The highest BCUT2D eigenvalue weighted by Crippen LogP contribution is 2.47. The van der Waals surface area contributed by atoms with Gasteiger partial charge in [0.15, 0.2) is 5.82 Å². The lowest BCUT2D eigenvalue weighted by molar-refractivity contribution is -0.689. The van der Waals surface area contributed by atoms with Gasteiger partial charge in [-0.3, -0.25) is 4.79 Å². The van der Waals surface area contributed by atoms with Gasteiger partial charge < -0.3 is 26.8 Å².